The third-order valence-corrected chi connectivity index (χ3v) is 6.13. The topological polar surface area (TPSA) is 74.6 Å². The molecule has 2 heterocycles. The number of nitrogens with one attached hydrogen (secondary N) is 1. The van der Waals surface area contributed by atoms with Gasteiger partial charge in [-0.15, -0.1) is 0 Å². The molecule has 172 valence electrons. The second-order valence-corrected chi connectivity index (χ2v) is 8.66. The first-order valence-electron chi connectivity index (χ1n) is 11.4. The molecule has 0 atom stereocenters. The molecule has 0 amide bonds. The number of nitrogens with zero attached hydrogens (tertiary/aromatic N) is 3. The number of aromatic nitrogens is 1. The fraction of sp³-hybridized carbons (Fsp3) is 0. The van der Waals surface area contributed by atoms with Crippen molar-refractivity contribution < 1.29 is 4.42 Å². The summed E-state index contributed by atoms with van der Waals surface area (Å²) in [5.74, 6) is 0.520. The number of hydrogen-bond acceptors (Lipinski definition) is 3. The molecule has 0 aliphatic heterocycles. The predicted molar refractivity (Wildman–Crippen MR) is 148 cm³/mol. The third kappa shape index (κ3) is 4.17. The van der Waals surface area contributed by atoms with Gasteiger partial charge < -0.3 is 4.42 Å². The molecule has 0 spiro atoms. The molecule has 2 aromatic heterocycles. The number of furan rings is 1. The van der Waals surface area contributed by atoms with Crippen molar-refractivity contribution in [3.8, 4) is 0 Å². The Labute approximate surface area is 211 Å². The van der Waals surface area contributed by atoms with Crippen LogP contribution in [-0.2, 0) is 0 Å². The van der Waals surface area contributed by atoms with Crippen molar-refractivity contribution in [2.24, 2.45) is 9.98 Å². The first kappa shape index (κ1) is 21.9. The van der Waals surface area contributed by atoms with Gasteiger partial charge in [0.05, 0.1) is 17.3 Å². The zero-order chi connectivity index (χ0) is 24.5. The van der Waals surface area contributed by atoms with Gasteiger partial charge in [-0.3, -0.25) is 5.41 Å². The van der Waals surface area contributed by atoms with Gasteiger partial charge in [-0.25, -0.2) is 15.0 Å². The maximum Gasteiger partial charge on any atom is 0.161 e. The van der Waals surface area contributed by atoms with Crippen LogP contribution in [0.15, 0.2) is 118 Å². The van der Waals surface area contributed by atoms with E-state index < -0.39 is 0 Å². The summed E-state index contributed by atoms with van der Waals surface area (Å²) in [6.45, 7) is 0. The van der Waals surface area contributed by atoms with Gasteiger partial charge in [0.25, 0.3) is 0 Å². The Kier molecular flexibility index (Phi) is 5.60. The standard InChI is InChI=1S/C30H19ClN4O/c31-27-17-26-28(23-12-6-7-13-25(23)36-26)24(34-27)18-33-30(20-9-2-1-3-10-20)35-29(32)22-15-14-19-8-4-5-11-21(19)16-22/h1-18,32H. The number of amidine groups is 2. The van der Waals surface area contributed by atoms with Crippen LogP contribution in [0, 0.1) is 5.41 Å². The molecule has 5 nitrogen and oxygen atoms in total. The molecule has 6 rings (SSSR count). The van der Waals surface area contributed by atoms with Crippen molar-refractivity contribution in [2.75, 3.05) is 0 Å². The minimum atomic E-state index is 0.120. The van der Waals surface area contributed by atoms with Crippen LogP contribution in [0.25, 0.3) is 32.7 Å². The normalized spacial score (nSPS) is 12.2. The van der Waals surface area contributed by atoms with Gasteiger partial charge in [0.1, 0.15) is 16.3 Å². The van der Waals surface area contributed by atoms with E-state index in [-0.39, 0.29) is 5.84 Å². The number of pyridine rings is 1. The molecule has 6 aromatic rings. The quantitative estimate of drug-likeness (QED) is 0.158. The molecular formula is C30H19ClN4O. The Morgan fingerprint density at radius 3 is 2.39 bits per heavy atom. The highest BCUT2D eigenvalue weighted by molar-refractivity contribution is 6.31. The van der Waals surface area contributed by atoms with Crippen LogP contribution in [0.4, 0.5) is 0 Å². The number of halogens is 1. The first-order valence-corrected chi connectivity index (χ1v) is 11.8. The fourth-order valence-corrected chi connectivity index (χ4v) is 4.41. The Morgan fingerprint density at radius 1 is 0.778 bits per heavy atom. The molecule has 0 radical (unpaired) electrons. The van der Waals surface area contributed by atoms with Gasteiger partial charge >= 0.3 is 0 Å². The lowest BCUT2D eigenvalue weighted by atomic mass is 10.1. The lowest BCUT2D eigenvalue weighted by Crippen LogP contribution is -2.05. The zero-order valence-corrected chi connectivity index (χ0v) is 19.8. The fourth-order valence-electron chi connectivity index (χ4n) is 4.22. The summed E-state index contributed by atoms with van der Waals surface area (Å²) < 4.78 is 5.97. The van der Waals surface area contributed by atoms with E-state index in [1.165, 1.54) is 0 Å². The van der Waals surface area contributed by atoms with Crippen LogP contribution in [0.1, 0.15) is 16.8 Å². The van der Waals surface area contributed by atoms with Crippen LogP contribution in [0.5, 0.6) is 0 Å². The number of hydrogen-bond donors (Lipinski definition) is 1. The van der Waals surface area contributed by atoms with Gasteiger partial charge in [0.15, 0.2) is 11.7 Å². The molecule has 0 aliphatic carbocycles. The van der Waals surface area contributed by atoms with E-state index in [9.17, 15) is 0 Å². The summed E-state index contributed by atoms with van der Waals surface area (Å²) in [4.78, 5) is 13.8. The molecule has 0 unspecified atom stereocenters. The van der Waals surface area contributed by atoms with Crippen molar-refractivity contribution in [2.45, 2.75) is 0 Å². The molecular weight excluding hydrogens is 468 g/mol. The average Bonchev–Trinajstić information content (AvgIpc) is 3.29. The maximum atomic E-state index is 8.70. The van der Waals surface area contributed by atoms with Gasteiger partial charge in [-0.05, 0) is 22.9 Å². The highest BCUT2D eigenvalue weighted by atomic mass is 35.5. The van der Waals surface area contributed by atoms with Crippen LogP contribution >= 0.6 is 11.6 Å². The Hall–Kier alpha value is -4.61. The van der Waals surface area contributed by atoms with Gasteiger partial charge in [0.2, 0.25) is 0 Å². The summed E-state index contributed by atoms with van der Waals surface area (Å²) in [6, 6.07) is 33.0. The summed E-state index contributed by atoms with van der Waals surface area (Å²) in [5, 5.41) is 12.9. The van der Waals surface area contributed by atoms with Crippen molar-refractivity contribution in [1.29, 1.82) is 5.41 Å². The Balaban J connectivity index is 1.45. The summed E-state index contributed by atoms with van der Waals surface area (Å²) in [6.07, 6.45) is 1.63. The van der Waals surface area contributed by atoms with Crippen molar-refractivity contribution in [3.05, 3.63) is 125 Å². The van der Waals surface area contributed by atoms with E-state index in [1.807, 2.05) is 97.1 Å². The molecule has 0 saturated heterocycles. The summed E-state index contributed by atoms with van der Waals surface area (Å²) in [7, 11) is 0. The largest absolute Gasteiger partial charge is 0.456 e. The van der Waals surface area contributed by atoms with Crippen molar-refractivity contribution >= 4 is 62.2 Å². The number of fused-ring (bicyclic) bond motifs is 4. The predicted octanol–water partition coefficient (Wildman–Crippen LogP) is 7.68. The third-order valence-electron chi connectivity index (χ3n) is 5.94. The van der Waals surface area contributed by atoms with Crippen molar-refractivity contribution in [1.82, 2.24) is 4.98 Å². The van der Waals surface area contributed by atoms with E-state index >= 15 is 0 Å². The Bertz CT molecular complexity index is 1820. The number of para-hydroxylation sites is 1. The smallest absolute Gasteiger partial charge is 0.161 e. The number of aliphatic imine (C=N–C) groups is 2. The summed E-state index contributed by atoms with van der Waals surface area (Å²) >= 11 is 6.30. The zero-order valence-electron chi connectivity index (χ0n) is 19.0. The minimum Gasteiger partial charge on any atom is -0.456 e. The van der Waals surface area contributed by atoms with Gasteiger partial charge in [-0.1, -0.05) is 96.5 Å². The van der Waals surface area contributed by atoms with Gasteiger partial charge in [0, 0.05) is 22.6 Å². The lowest BCUT2D eigenvalue weighted by Gasteiger charge is -2.05. The molecule has 0 saturated carbocycles. The van der Waals surface area contributed by atoms with Crippen LogP contribution in [0.3, 0.4) is 0 Å². The minimum absolute atomic E-state index is 0.120. The SMILES string of the molecule is N=C(N=C(N=Cc1nc(Cl)cc2oc3ccccc3c12)c1ccccc1)c1ccc2ccccc2c1. The number of rotatable bonds is 3. The average molecular weight is 487 g/mol. The monoisotopic (exact) mass is 486 g/mol. The van der Waals surface area contributed by atoms with E-state index in [2.05, 4.69) is 9.98 Å². The summed E-state index contributed by atoms with van der Waals surface area (Å²) in [5.41, 5.74) is 3.46. The van der Waals surface area contributed by atoms with E-state index in [4.69, 9.17) is 26.4 Å². The molecule has 4 aromatic carbocycles. The number of benzene rings is 4. The van der Waals surface area contributed by atoms with Crippen LogP contribution in [0.2, 0.25) is 5.15 Å². The molecule has 0 fully saturated rings. The van der Waals surface area contributed by atoms with Crippen molar-refractivity contribution in [3.63, 3.8) is 0 Å². The second kappa shape index (κ2) is 9.21. The molecule has 1 N–H and O–H groups in total. The molecule has 0 aliphatic rings. The molecule has 6 heteroatoms. The Morgan fingerprint density at radius 2 is 1.53 bits per heavy atom. The van der Waals surface area contributed by atoms with Gasteiger partial charge in [-0.2, -0.15) is 0 Å². The van der Waals surface area contributed by atoms with E-state index in [1.54, 1.807) is 12.3 Å². The second-order valence-electron chi connectivity index (χ2n) is 8.27. The lowest BCUT2D eigenvalue weighted by molar-refractivity contribution is 0.668. The highest BCUT2D eigenvalue weighted by Crippen LogP contribution is 2.31. The molecule has 0 bridgehead atoms. The highest BCUT2D eigenvalue weighted by Gasteiger charge is 2.13. The van der Waals surface area contributed by atoms with Crippen LogP contribution in [-0.4, -0.2) is 22.9 Å². The van der Waals surface area contributed by atoms with Crippen LogP contribution < -0.4 is 0 Å². The van der Waals surface area contributed by atoms with E-state index in [0.29, 0.717) is 27.8 Å². The molecule has 36 heavy (non-hydrogen) atoms. The first-order chi connectivity index (χ1) is 17.7. The maximum absolute atomic E-state index is 8.70. The van der Waals surface area contributed by atoms with E-state index in [0.717, 1.165) is 32.7 Å².